The molecule has 0 saturated carbocycles. The average Bonchev–Trinajstić information content (AvgIpc) is 2.76. The molecule has 2 rings (SSSR count). The van der Waals surface area contributed by atoms with Crippen LogP contribution in [-0.4, -0.2) is 23.0 Å². The number of carbonyl (C=O) groups is 1. The van der Waals surface area contributed by atoms with E-state index in [1.54, 1.807) is 0 Å². The highest BCUT2D eigenvalue weighted by atomic mass is 16.2. The van der Waals surface area contributed by atoms with Gasteiger partial charge < -0.3 is 4.90 Å². The molecule has 0 radical (unpaired) electrons. The molecule has 1 aliphatic heterocycles. The van der Waals surface area contributed by atoms with E-state index in [1.165, 1.54) is 0 Å². The van der Waals surface area contributed by atoms with Crippen LogP contribution in [0.2, 0.25) is 0 Å². The maximum atomic E-state index is 12.5. The first-order valence-electron chi connectivity index (χ1n) is 6.82. The number of amides is 1. The van der Waals surface area contributed by atoms with Crippen molar-refractivity contribution in [2.24, 2.45) is 0 Å². The molecule has 1 fully saturated rings. The molecule has 3 unspecified atom stereocenters. The van der Waals surface area contributed by atoms with Crippen molar-refractivity contribution >= 4 is 5.91 Å². The summed E-state index contributed by atoms with van der Waals surface area (Å²) in [6.45, 7) is 6.36. The first-order valence-corrected chi connectivity index (χ1v) is 6.82. The van der Waals surface area contributed by atoms with Crippen LogP contribution in [0, 0.1) is 0 Å². The minimum atomic E-state index is -0.176. The summed E-state index contributed by atoms with van der Waals surface area (Å²) in [5.41, 5.74) is 1.06. The van der Waals surface area contributed by atoms with Gasteiger partial charge in [0.15, 0.2) is 0 Å². The molecule has 1 aliphatic rings. The highest BCUT2D eigenvalue weighted by molar-refractivity contribution is 5.86. The molecule has 18 heavy (non-hydrogen) atoms. The zero-order chi connectivity index (χ0) is 13.1. The van der Waals surface area contributed by atoms with Crippen LogP contribution < -0.4 is 5.32 Å². The Morgan fingerprint density at radius 3 is 2.50 bits per heavy atom. The fourth-order valence-corrected chi connectivity index (χ4v) is 2.57. The molecule has 1 aromatic carbocycles. The number of carbonyl (C=O) groups excluding carboxylic acids is 1. The predicted molar refractivity (Wildman–Crippen MR) is 73.0 cm³/mol. The molecule has 0 aromatic heterocycles. The Morgan fingerprint density at radius 1 is 1.28 bits per heavy atom. The van der Waals surface area contributed by atoms with E-state index in [9.17, 15) is 4.79 Å². The third-order valence-corrected chi connectivity index (χ3v) is 3.78. The van der Waals surface area contributed by atoms with Gasteiger partial charge in [0.25, 0.3) is 0 Å². The van der Waals surface area contributed by atoms with E-state index >= 15 is 0 Å². The summed E-state index contributed by atoms with van der Waals surface area (Å²) in [4.78, 5) is 14.6. The van der Waals surface area contributed by atoms with Crippen molar-refractivity contribution in [1.82, 2.24) is 10.2 Å². The molecule has 1 saturated heterocycles. The zero-order valence-corrected chi connectivity index (χ0v) is 11.4. The van der Waals surface area contributed by atoms with Gasteiger partial charge in [-0.25, -0.2) is 0 Å². The number of benzene rings is 1. The van der Waals surface area contributed by atoms with Crippen LogP contribution in [0.1, 0.15) is 45.2 Å². The molecule has 0 aliphatic carbocycles. The second kappa shape index (κ2) is 5.53. The summed E-state index contributed by atoms with van der Waals surface area (Å²) in [6, 6.07) is 10.1. The standard InChI is InChI=1S/C15H22N2O/c1-4-11(3)17-13(5-2)16-14(15(17)18)12-9-7-6-8-10-12/h6-11,13-14,16H,4-5H2,1-3H3. The molecule has 98 valence electrons. The Bertz CT molecular complexity index is 404. The lowest BCUT2D eigenvalue weighted by molar-refractivity contribution is -0.132. The second-order valence-corrected chi connectivity index (χ2v) is 4.94. The van der Waals surface area contributed by atoms with E-state index in [0.29, 0.717) is 6.04 Å². The zero-order valence-electron chi connectivity index (χ0n) is 11.4. The maximum Gasteiger partial charge on any atom is 0.245 e. The minimum Gasteiger partial charge on any atom is -0.323 e. The van der Waals surface area contributed by atoms with Crippen molar-refractivity contribution in [3.8, 4) is 0 Å². The number of rotatable bonds is 4. The van der Waals surface area contributed by atoms with Crippen LogP contribution in [0.4, 0.5) is 0 Å². The highest BCUT2D eigenvalue weighted by Crippen LogP contribution is 2.27. The van der Waals surface area contributed by atoms with E-state index in [-0.39, 0.29) is 18.1 Å². The van der Waals surface area contributed by atoms with Gasteiger partial charge in [0.2, 0.25) is 5.91 Å². The van der Waals surface area contributed by atoms with Gasteiger partial charge in [-0.05, 0) is 25.3 Å². The first-order chi connectivity index (χ1) is 8.69. The van der Waals surface area contributed by atoms with Gasteiger partial charge in [0, 0.05) is 6.04 Å². The topological polar surface area (TPSA) is 32.3 Å². The Balaban J connectivity index is 2.24. The Kier molecular flexibility index (Phi) is 4.02. The molecular weight excluding hydrogens is 224 g/mol. The van der Waals surface area contributed by atoms with Gasteiger partial charge in [0.05, 0.1) is 6.17 Å². The lowest BCUT2D eigenvalue weighted by Crippen LogP contribution is -2.42. The SMILES string of the molecule is CCC(C)N1C(=O)C(c2ccccc2)NC1CC. The van der Waals surface area contributed by atoms with E-state index in [1.807, 2.05) is 35.2 Å². The highest BCUT2D eigenvalue weighted by Gasteiger charge is 2.40. The molecule has 1 N–H and O–H groups in total. The van der Waals surface area contributed by atoms with E-state index in [0.717, 1.165) is 18.4 Å². The lowest BCUT2D eigenvalue weighted by atomic mass is 10.1. The predicted octanol–water partition coefficient (Wildman–Crippen LogP) is 2.69. The van der Waals surface area contributed by atoms with Crippen molar-refractivity contribution in [3.05, 3.63) is 35.9 Å². The van der Waals surface area contributed by atoms with E-state index in [4.69, 9.17) is 0 Å². The third-order valence-electron chi connectivity index (χ3n) is 3.78. The van der Waals surface area contributed by atoms with Crippen LogP contribution in [0.5, 0.6) is 0 Å². The molecule has 3 heteroatoms. The van der Waals surface area contributed by atoms with Gasteiger partial charge in [-0.3, -0.25) is 10.1 Å². The largest absolute Gasteiger partial charge is 0.323 e. The smallest absolute Gasteiger partial charge is 0.245 e. The van der Waals surface area contributed by atoms with E-state index in [2.05, 4.69) is 26.1 Å². The van der Waals surface area contributed by atoms with Crippen molar-refractivity contribution in [2.45, 2.75) is 51.9 Å². The lowest BCUT2D eigenvalue weighted by Gasteiger charge is -2.28. The number of nitrogens with zero attached hydrogens (tertiary/aromatic N) is 1. The minimum absolute atomic E-state index is 0.164. The van der Waals surface area contributed by atoms with Gasteiger partial charge in [-0.15, -0.1) is 0 Å². The molecule has 0 bridgehead atoms. The van der Waals surface area contributed by atoms with Crippen LogP contribution in [-0.2, 0) is 4.79 Å². The maximum absolute atomic E-state index is 12.5. The van der Waals surface area contributed by atoms with Crippen LogP contribution in [0.25, 0.3) is 0 Å². The molecule has 1 amide bonds. The molecule has 3 nitrogen and oxygen atoms in total. The van der Waals surface area contributed by atoms with Gasteiger partial charge in [0.1, 0.15) is 6.04 Å². The quantitative estimate of drug-likeness (QED) is 0.886. The summed E-state index contributed by atoms with van der Waals surface area (Å²) in [6.07, 6.45) is 2.10. The Morgan fingerprint density at radius 2 is 1.94 bits per heavy atom. The summed E-state index contributed by atoms with van der Waals surface area (Å²) in [5, 5.41) is 3.45. The van der Waals surface area contributed by atoms with Crippen LogP contribution >= 0.6 is 0 Å². The third kappa shape index (κ3) is 2.27. The first kappa shape index (κ1) is 13.1. The summed E-state index contributed by atoms with van der Waals surface area (Å²) in [5.74, 6) is 0.211. The fourth-order valence-electron chi connectivity index (χ4n) is 2.57. The fraction of sp³-hybridized carbons (Fsp3) is 0.533. The number of hydrogen-bond donors (Lipinski definition) is 1. The number of hydrogen-bond acceptors (Lipinski definition) is 2. The summed E-state index contributed by atoms with van der Waals surface area (Å²) in [7, 11) is 0. The Hall–Kier alpha value is -1.35. The van der Waals surface area contributed by atoms with E-state index < -0.39 is 0 Å². The number of nitrogens with one attached hydrogen (secondary N) is 1. The second-order valence-electron chi connectivity index (χ2n) is 4.94. The Labute approximate surface area is 109 Å². The normalized spacial score (nSPS) is 25.5. The monoisotopic (exact) mass is 246 g/mol. The van der Waals surface area contributed by atoms with Crippen molar-refractivity contribution in [2.75, 3.05) is 0 Å². The van der Waals surface area contributed by atoms with Crippen LogP contribution in [0.15, 0.2) is 30.3 Å². The van der Waals surface area contributed by atoms with Gasteiger partial charge >= 0.3 is 0 Å². The van der Waals surface area contributed by atoms with Crippen LogP contribution in [0.3, 0.4) is 0 Å². The summed E-state index contributed by atoms with van der Waals surface area (Å²) < 4.78 is 0. The van der Waals surface area contributed by atoms with Crippen molar-refractivity contribution in [1.29, 1.82) is 0 Å². The van der Waals surface area contributed by atoms with Crippen molar-refractivity contribution < 1.29 is 4.79 Å². The molecule has 0 spiro atoms. The van der Waals surface area contributed by atoms with Crippen molar-refractivity contribution in [3.63, 3.8) is 0 Å². The molecule has 1 heterocycles. The average molecular weight is 246 g/mol. The molecule has 1 aromatic rings. The van der Waals surface area contributed by atoms with Gasteiger partial charge in [-0.2, -0.15) is 0 Å². The summed E-state index contributed by atoms with van der Waals surface area (Å²) >= 11 is 0. The molecular formula is C15H22N2O. The molecule has 3 atom stereocenters. The van der Waals surface area contributed by atoms with Gasteiger partial charge in [-0.1, -0.05) is 44.2 Å².